The topological polar surface area (TPSA) is 75.6 Å². The summed E-state index contributed by atoms with van der Waals surface area (Å²) in [5.41, 5.74) is 7.77. The maximum absolute atomic E-state index is 8.73. The van der Waals surface area contributed by atoms with Gasteiger partial charge in [-0.25, -0.2) is 4.98 Å². The second-order valence-electron chi connectivity index (χ2n) is 3.05. The number of nitriles is 1. The number of hydrogen-bond acceptors (Lipinski definition) is 4. The van der Waals surface area contributed by atoms with Gasteiger partial charge in [-0.05, 0) is 18.2 Å². The summed E-state index contributed by atoms with van der Waals surface area (Å²) in [6.45, 7) is 0. The summed E-state index contributed by atoms with van der Waals surface area (Å²) >= 11 is 0. The van der Waals surface area contributed by atoms with Crippen LogP contribution >= 0.6 is 0 Å². The monoisotopic (exact) mass is 196 g/mol. The number of hydrogen-bond donors (Lipinski definition) is 1. The number of nitrogens with zero attached hydrogens (tertiary/aromatic N) is 3. The van der Waals surface area contributed by atoms with E-state index < -0.39 is 0 Å². The number of anilines is 1. The molecule has 0 saturated heterocycles. The van der Waals surface area contributed by atoms with Gasteiger partial charge >= 0.3 is 0 Å². The fourth-order valence-corrected chi connectivity index (χ4v) is 1.24. The Morgan fingerprint density at radius 2 is 2.00 bits per heavy atom. The van der Waals surface area contributed by atoms with Crippen molar-refractivity contribution in [3.63, 3.8) is 0 Å². The number of nitrogens with two attached hydrogens (primary N) is 1. The smallest absolute Gasteiger partial charge is 0.123 e. The molecular formula is C11H8N4. The standard InChI is InChI=1S/C11H8N4/c12-4-8-3-10(6-14-5-8)9-1-2-11(13)15-7-9/h1-3,5-7H,(H2,13,15). The molecule has 0 unspecified atom stereocenters. The van der Waals surface area contributed by atoms with Crippen molar-refractivity contribution in [2.75, 3.05) is 5.73 Å². The van der Waals surface area contributed by atoms with Crippen LogP contribution in [0.15, 0.2) is 36.8 Å². The molecule has 72 valence electrons. The van der Waals surface area contributed by atoms with Gasteiger partial charge in [0.2, 0.25) is 0 Å². The molecule has 0 saturated carbocycles. The fourth-order valence-electron chi connectivity index (χ4n) is 1.24. The van der Waals surface area contributed by atoms with E-state index >= 15 is 0 Å². The zero-order valence-electron chi connectivity index (χ0n) is 7.88. The second kappa shape index (κ2) is 3.76. The second-order valence-corrected chi connectivity index (χ2v) is 3.05. The molecule has 2 N–H and O–H groups in total. The van der Waals surface area contributed by atoms with Gasteiger partial charge < -0.3 is 5.73 Å². The third kappa shape index (κ3) is 1.92. The number of aromatic nitrogens is 2. The van der Waals surface area contributed by atoms with Gasteiger partial charge in [-0.15, -0.1) is 0 Å². The Bertz CT molecular complexity index is 511. The van der Waals surface area contributed by atoms with Gasteiger partial charge in [0.05, 0.1) is 5.56 Å². The zero-order chi connectivity index (χ0) is 10.7. The molecule has 2 aromatic rings. The van der Waals surface area contributed by atoms with Gasteiger partial charge in [0.1, 0.15) is 11.9 Å². The highest BCUT2D eigenvalue weighted by atomic mass is 14.8. The molecule has 0 aliphatic heterocycles. The molecule has 2 heterocycles. The number of pyridine rings is 2. The Labute approximate surface area is 87.0 Å². The van der Waals surface area contributed by atoms with Crippen molar-refractivity contribution in [2.24, 2.45) is 0 Å². The van der Waals surface area contributed by atoms with Gasteiger partial charge in [-0.3, -0.25) is 4.98 Å². The molecule has 0 bridgehead atoms. The average molecular weight is 196 g/mol. The van der Waals surface area contributed by atoms with Crippen molar-refractivity contribution in [3.8, 4) is 17.2 Å². The molecule has 4 nitrogen and oxygen atoms in total. The maximum Gasteiger partial charge on any atom is 0.123 e. The van der Waals surface area contributed by atoms with E-state index in [1.54, 1.807) is 24.5 Å². The third-order valence-electron chi connectivity index (χ3n) is 1.99. The van der Waals surface area contributed by atoms with Crippen molar-refractivity contribution in [2.45, 2.75) is 0 Å². The minimum Gasteiger partial charge on any atom is -0.384 e. The van der Waals surface area contributed by atoms with E-state index in [1.807, 2.05) is 12.1 Å². The minimum atomic E-state index is 0.475. The van der Waals surface area contributed by atoms with Crippen LogP contribution in [0.5, 0.6) is 0 Å². The van der Waals surface area contributed by atoms with Crippen molar-refractivity contribution < 1.29 is 0 Å². The molecule has 2 rings (SSSR count). The first kappa shape index (κ1) is 9.16. The Balaban J connectivity index is 2.46. The van der Waals surface area contributed by atoms with E-state index in [-0.39, 0.29) is 0 Å². The number of nitrogen functional groups attached to an aromatic ring is 1. The quantitative estimate of drug-likeness (QED) is 0.751. The van der Waals surface area contributed by atoms with E-state index in [2.05, 4.69) is 9.97 Å². The lowest BCUT2D eigenvalue weighted by Crippen LogP contribution is -1.89. The fraction of sp³-hybridized carbons (Fsp3) is 0. The Kier molecular flexibility index (Phi) is 2.30. The Hall–Kier alpha value is -2.41. The van der Waals surface area contributed by atoms with Crippen LogP contribution < -0.4 is 5.73 Å². The lowest BCUT2D eigenvalue weighted by Gasteiger charge is -2.00. The first-order valence-electron chi connectivity index (χ1n) is 4.36. The van der Waals surface area contributed by atoms with Gasteiger partial charge in [0, 0.05) is 29.7 Å². The molecule has 0 radical (unpaired) electrons. The molecule has 4 heteroatoms. The molecule has 0 aliphatic rings. The lowest BCUT2D eigenvalue weighted by atomic mass is 10.1. The van der Waals surface area contributed by atoms with Gasteiger partial charge in [-0.1, -0.05) is 0 Å². The van der Waals surface area contributed by atoms with Crippen molar-refractivity contribution in [1.29, 1.82) is 5.26 Å². The van der Waals surface area contributed by atoms with Crippen molar-refractivity contribution >= 4 is 5.82 Å². The van der Waals surface area contributed by atoms with Crippen molar-refractivity contribution in [3.05, 3.63) is 42.4 Å². The van der Waals surface area contributed by atoms with Crippen LogP contribution in [0.25, 0.3) is 11.1 Å². The molecule has 15 heavy (non-hydrogen) atoms. The summed E-state index contributed by atoms with van der Waals surface area (Å²) < 4.78 is 0. The van der Waals surface area contributed by atoms with Crippen LogP contribution in [0.3, 0.4) is 0 Å². The maximum atomic E-state index is 8.73. The van der Waals surface area contributed by atoms with Gasteiger partial charge in [-0.2, -0.15) is 5.26 Å². The van der Waals surface area contributed by atoms with Crippen LogP contribution in [0.1, 0.15) is 5.56 Å². The van der Waals surface area contributed by atoms with E-state index in [1.165, 1.54) is 6.20 Å². The van der Waals surface area contributed by atoms with Crippen LogP contribution in [-0.4, -0.2) is 9.97 Å². The molecule has 2 aromatic heterocycles. The summed E-state index contributed by atoms with van der Waals surface area (Å²) in [5.74, 6) is 0.475. The molecule has 0 aliphatic carbocycles. The number of rotatable bonds is 1. The Morgan fingerprint density at radius 3 is 2.67 bits per heavy atom. The molecule has 0 amide bonds. The van der Waals surface area contributed by atoms with Crippen LogP contribution in [0, 0.1) is 11.3 Å². The predicted octanol–water partition coefficient (Wildman–Crippen LogP) is 1.60. The Morgan fingerprint density at radius 1 is 1.13 bits per heavy atom. The molecule has 0 aromatic carbocycles. The largest absolute Gasteiger partial charge is 0.384 e. The van der Waals surface area contributed by atoms with Crippen LogP contribution in [-0.2, 0) is 0 Å². The molecule has 0 fully saturated rings. The van der Waals surface area contributed by atoms with E-state index in [0.29, 0.717) is 11.4 Å². The highest BCUT2D eigenvalue weighted by molar-refractivity contribution is 5.63. The van der Waals surface area contributed by atoms with Crippen molar-refractivity contribution in [1.82, 2.24) is 9.97 Å². The summed E-state index contributed by atoms with van der Waals surface area (Å²) in [6, 6.07) is 7.37. The first-order chi connectivity index (χ1) is 7.29. The summed E-state index contributed by atoms with van der Waals surface area (Å²) in [4.78, 5) is 7.95. The van der Waals surface area contributed by atoms with Crippen LogP contribution in [0.2, 0.25) is 0 Å². The normalized spacial score (nSPS) is 9.53. The lowest BCUT2D eigenvalue weighted by molar-refractivity contribution is 1.28. The summed E-state index contributed by atoms with van der Waals surface area (Å²) in [6.07, 6.45) is 4.87. The van der Waals surface area contributed by atoms with E-state index in [9.17, 15) is 0 Å². The van der Waals surface area contributed by atoms with Crippen LogP contribution in [0.4, 0.5) is 5.82 Å². The van der Waals surface area contributed by atoms with E-state index in [4.69, 9.17) is 11.0 Å². The van der Waals surface area contributed by atoms with E-state index in [0.717, 1.165) is 11.1 Å². The predicted molar refractivity (Wildman–Crippen MR) is 56.6 cm³/mol. The SMILES string of the molecule is N#Cc1cncc(-c2ccc(N)nc2)c1. The highest BCUT2D eigenvalue weighted by Crippen LogP contribution is 2.18. The first-order valence-corrected chi connectivity index (χ1v) is 4.36. The molecule has 0 spiro atoms. The average Bonchev–Trinajstić information content (AvgIpc) is 2.30. The summed E-state index contributed by atoms with van der Waals surface area (Å²) in [5, 5.41) is 8.73. The molecule has 0 atom stereocenters. The van der Waals surface area contributed by atoms with Gasteiger partial charge in [0.15, 0.2) is 0 Å². The highest BCUT2D eigenvalue weighted by Gasteiger charge is 1.99. The summed E-state index contributed by atoms with van der Waals surface area (Å²) in [7, 11) is 0. The zero-order valence-corrected chi connectivity index (χ0v) is 7.88. The van der Waals surface area contributed by atoms with Gasteiger partial charge in [0.25, 0.3) is 0 Å². The third-order valence-corrected chi connectivity index (χ3v) is 1.99. The minimum absolute atomic E-state index is 0.475. The molecular weight excluding hydrogens is 188 g/mol.